The number of phosphoric acid groups is 1. The Kier molecular flexibility index (Phi) is 21.4. The lowest BCUT2D eigenvalue weighted by molar-refractivity contribution is -0.220. The molecule has 6 atom stereocenters. The topological polar surface area (TPSA) is 203 Å². The predicted molar refractivity (Wildman–Crippen MR) is 156 cm³/mol. The van der Waals surface area contributed by atoms with Gasteiger partial charge in [-0.3, -0.25) is 13.8 Å². The van der Waals surface area contributed by atoms with E-state index in [1.54, 1.807) is 0 Å². The molecule has 1 fully saturated rings. The first-order chi connectivity index (χ1) is 20.0. The quantitative estimate of drug-likeness (QED) is 0.0442. The molecule has 0 saturated heterocycles. The largest absolute Gasteiger partial charge is 0.472 e. The highest BCUT2D eigenvalue weighted by atomic mass is 31.2. The van der Waals surface area contributed by atoms with Crippen molar-refractivity contribution in [2.75, 3.05) is 13.2 Å². The van der Waals surface area contributed by atoms with Gasteiger partial charge in [-0.15, -0.1) is 0 Å². The second-order valence-electron chi connectivity index (χ2n) is 11.5. The summed E-state index contributed by atoms with van der Waals surface area (Å²) in [4.78, 5) is 21.7. The summed E-state index contributed by atoms with van der Waals surface area (Å²) >= 11 is 0. The van der Waals surface area contributed by atoms with Gasteiger partial charge < -0.3 is 40.3 Å². The zero-order valence-corrected chi connectivity index (χ0v) is 26.2. The second-order valence-corrected chi connectivity index (χ2v) is 12.9. The summed E-state index contributed by atoms with van der Waals surface area (Å²) in [6, 6.07) is 0. The van der Waals surface area contributed by atoms with E-state index >= 15 is 0 Å². The van der Waals surface area contributed by atoms with Gasteiger partial charge in [-0.1, -0.05) is 110 Å². The summed E-state index contributed by atoms with van der Waals surface area (Å²) in [7, 11) is -4.98. The lowest BCUT2D eigenvalue weighted by atomic mass is 9.85. The zero-order valence-electron chi connectivity index (χ0n) is 25.3. The van der Waals surface area contributed by atoms with Gasteiger partial charge in [0, 0.05) is 6.42 Å². The summed E-state index contributed by atoms with van der Waals surface area (Å²) < 4.78 is 26.4. The number of rotatable bonds is 25. The normalized spacial score (nSPS) is 26.6. The number of hydrogen-bond donors (Lipinski definition) is 7. The Hall–Kier alpha value is -0.660. The van der Waals surface area contributed by atoms with Crippen LogP contribution in [0.5, 0.6) is 0 Å². The molecule has 0 spiro atoms. The summed E-state index contributed by atoms with van der Waals surface area (Å²) in [5.74, 6) is -0.506. The number of carbonyl (C=O) groups is 1. The van der Waals surface area contributed by atoms with Gasteiger partial charge in [-0.2, -0.15) is 0 Å². The van der Waals surface area contributed by atoms with Crippen LogP contribution in [0.1, 0.15) is 122 Å². The molecule has 0 aromatic heterocycles. The van der Waals surface area contributed by atoms with Crippen LogP contribution in [-0.2, 0) is 23.1 Å². The molecule has 42 heavy (non-hydrogen) atoms. The smallest absolute Gasteiger partial charge is 0.463 e. The van der Waals surface area contributed by atoms with E-state index in [4.69, 9.17) is 4.74 Å². The highest BCUT2D eigenvalue weighted by molar-refractivity contribution is 7.47. The van der Waals surface area contributed by atoms with Crippen LogP contribution in [0.3, 0.4) is 0 Å². The Morgan fingerprint density at radius 1 is 0.643 bits per heavy atom. The number of phosphoric ester groups is 1. The van der Waals surface area contributed by atoms with E-state index in [0.29, 0.717) is 6.42 Å². The fraction of sp³-hybridized carbons (Fsp3) is 0.966. The first kappa shape index (κ1) is 39.4. The molecule has 0 aromatic rings. The van der Waals surface area contributed by atoms with E-state index < -0.39 is 69.7 Å². The lowest BCUT2D eigenvalue weighted by Crippen LogP contribution is -2.64. The molecule has 13 heteroatoms. The van der Waals surface area contributed by atoms with E-state index in [-0.39, 0.29) is 6.42 Å². The van der Waals surface area contributed by atoms with Crippen molar-refractivity contribution in [2.24, 2.45) is 0 Å². The molecular formula is C29H57O12P. The van der Waals surface area contributed by atoms with Crippen LogP contribution in [-0.4, -0.2) is 97.4 Å². The Bertz CT molecular complexity index is 725. The van der Waals surface area contributed by atoms with Gasteiger partial charge in [-0.05, 0) is 6.42 Å². The summed E-state index contributed by atoms with van der Waals surface area (Å²) in [6.45, 7) is 1.00. The van der Waals surface area contributed by atoms with Crippen LogP contribution in [0.2, 0.25) is 0 Å². The number of aliphatic hydroxyl groups is 6. The number of hydrogen-bond acceptors (Lipinski definition) is 11. The molecule has 1 rings (SSSR count). The predicted octanol–water partition coefficient (Wildman–Crippen LogP) is 3.25. The van der Waals surface area contributed by atoms with E-state index in [1.165, 1.54) is 83.5 Å². The van der Waals surface area contributed by atoms with Gasteiger partial charge in [0.1, 0.15) is 49.3 Å². The van der Waals surface area contributed by atoms with Crippen molar-refractivity contribution in [1.29, 1.82) is 0 Å². The Morgan fingerprint density at radius 3 is 1.45 bits per heavy atom. The molecule has 0 aromatic carbocycles. The highest BCUT2D eigenvalue weighted by Crippen LogP contribution is 2.47. The molecule has 1 aliphatic carbocycles. The number of ether oxygens (including phenoxy) is 1. The van der Waals surface area contributed by atoms with Crippen molar-refractivity contribution < 1.29 is 58.7 Å². The maximum absolute atomic E-state index is 12.1. The maximum atomic E-state index is 12.1. The number of carbonyl (C=O) groups excluding carboxylic acids is 1. The monoisotopic (exact) mass is 628 g/mol. The lowest BCUT2D eigenvalue weighted by Gasteiger charge is -2.41. The van der Waals surface area contributed by atoms with Crippen LogP contribution in [0.25, 0.3) is 0 Å². The van der Waals surface area contributed by atoms with E-state index in [0.717, 1.165) is 19.3 Å². The SMILES string of the molecule is CCCCCCCCCCCCCCCCCCCC(=O)OCC(O)COP(=O)(O)OC1C(O)C(O)C(O)C(O)C1O. The molecule has 0 radical (unpaired) electrons. The van der Waals surface area contributed by atoms with E-state index in [9.17, 15) is 44.9 Å². The minimum atomic E-state index is -4.98. The van der Waals surface area contributed by atoms with Gasteiger partial charge in [0.2, 0.25) is 0 Å². The molecule has 0 aliphatic heterocycles. The van der Waals surface area contributed by atoms with Gasteiger partial charge in [-0.25, -0.2) is 4.57 Å². The van der Waals surface area contributed by atoms with Crippen molar-refractivity contribution >= 4 is 13.8 Å². The number of esters is 1. The second kappa shape index (κ2) is 22.8. The number of aliphatic hydroxyl groups excluding tert-OH is 6. The first-order valence-corrected chi connectivity index (χ1v) is 17.4. The molecule has 250 valence electrons. The van der Waals surface area contributed by atoms with Gasteiger partial charge in [0.15, 0.2) is 0 Å². The van der Waals surface area contributed by atoms with E-state index in [1.807, 2.05) is 0 Å². The fourth-order valence-corrected chi connectivity index (χ4v) is 5.97. The van der Waals surface area contributed by atoms with Crippen LogP contribution in [0.4, 0.5) is 0 Å². The molecule has 1 aliphatic rings. The average Bonchev–Trinajstić information content (AvgIpc) is 2.96. The Balaban J connectivity index is 2.01. The van der Waals surface area contributed by atoms with Crippen molar-refractivity contribution in [2.45, 2.75) is 165 Å². The zero-order chi connectivity index (χ0) is 31.4. The average molecular weight is 629 g/mol. The molecule has 12 nitrogen and oxygen atoms in total. The third kappa shape index (κ3) is 17.0. The minimum Gasteiger partial charge on any atom is -0.463 e. The van der Waals surface area contributed by atoms with Crippen LogP contribution in [0.15, 0.2) is 0 Å². The van der Waals surface area contributed by atoms with Crippen molar-refractivity contribution in [3.05, 3.63) is 0 Å². The summed E-state index contributed by atoms with van der Waals surface area (Å²) in [5.41, 5.74) is 0. The molecule has 0 bridgehead atoms. The highest BCUT2D eigenvalue weighted by Gasteiger charge is 2.51. The Labute approximate surface area is 251 Å². The molecule has 1 saturated carbocycles. The van der Waals surface area contributed by atoms with Crippen LogP contribution >= 0.6 is 7.82 Å². The van der Waals surface area contributed by atoms with Crippen molar-refractivity contribution in [1.82, 2.24) is 0 Å². The molecule has 0 heterocycles. The first-order valence-electron chi connectivity index (χ1n) is 15.9. The van der Waals surface area contributed by atoms with Gasteiger partial charge in [0.25, 0.3) is 0 Å². The van der Waals surface area contributed by atoms with Crippen molar-refractivity contribution in [3.63, 3.8) is 0 Å². The molecular weight excluding hydrogens is 571 g/mol. The summed E-state index contributed by atoms with van der Waals surface area (Å²) in [6.07, 6.45) is 8.08. The third-order valence-corrected chi connectivity index (χ3v) is 8.66. The Morgan fingerprint density at radius 2 is 1.02 bits per heavy atom. The molecule has 0 amide bonds. The van der Waals surface area contributed by atoms with Crippen LogP contribution in [0, 0.1) is 0 Å². The van der Waals surface area contributed by atoms with Gasteiger partial charge >= 0.3 is 13.8 Å². The maximum Gasteiger partial charge on any atom is 0.472 e. The fourth-order valence-electron chi connectivity index (χ4n) is 4.99. The van der Waals surface area contributed by atoms with Crippen molar-refractivity contribution in [3.8, 4) is 0 Å². The third-order valence-electron chi connectivity index (χ3n) is 7.68. The summed E-state index contributed by atoms with van der Waals surface area (Å²) in [5, 5.41) is 58.6. The van der Waals surface area contributed by atoms with Gasteiger partial charge in [0.05, 0.1) is 6.61 Å². The number of unbranched alkanes of at least 4 members (excludes halogenated alkanes) is 16. The van der Waals surface area contributed by atoms with Crippen LogP contribution < -0.4 is 0 Å². The molecule has 6 unspecified atom stereocenters. The van der Waals surface area contributed by atoms with E-state index in [2.05, 4.69) is 16.0 Å². The standard InChI is InChI=1S/C29H57O12P/c1-2-3-4-5-6-7-8-9-10-11-12-13-14-15-16-17-18-19-23(31)39-20-22(30)21-40-42(37,38)41-29-27(35)25(33)24(32)26(34)28(29)36/h22,24-30,32-36H,2-21H2,1H3,(H,37,38). The molecule has 7 N–H and O–H groups in total. The minimum absolute atomic E-state index is 0.196.